The molecule has 20 heavy (non-hydrogen) atoms. The SMILES string of the molecule is COc1cc2nn(C3CC(C(C)(C)O)C3)cc2cc1N. The highest BCUT2D eigenvalue weighted by Gasteiger charge is 2.40. The van der Waals surface area contributed by atoms with Crippen molar-refractivity contribution in [2.45, 2.75) is 38.3 Å². The largest absolute Gasteiger partial charge is 0.495 e. The van der Waals surface area contributed by atoms with E-state index in [2.05, 4.69) is 5.10 Å². The number of aliphatic hydroxyl groups is 1. The minimum atomic E-state index is -0.600. The van der Waals surface area contributed by atoms with Gasteiger partial charge in [-0.2, -0.15) is 5.10 Å². The van der Waals surface area contributed by atoms with Crippen molar-refractivity contribution in [2.75, 3.05) is 12.8 Å². The van der Waals surface area contributed by atoms with Gasteiger partial charge >= 0.3 is 0 Å². The number of aromatic nitrogens is 2. The molecule has 1 aromatic carbocycles. The Morgan fingerprint density at radius 2 is 2.10 bits per heavy atom. The maximum absolute atomic E-state index is 9.98. The van der Waals surface area contributed by atoms with E-state index >= 15 is 0 Å². The second-order valence-electron chi connectivity index (χ2n) is 6.24. The predicted molar refractivity (Wildman–Crippen MR) is 78.8 cm³/mol. The highest BCUT2D eigenvalue weighted by atomic mass is 16.5. The topological polar surface area (TPSA) is 73.3 Å². The zero-order valence-corrected chi connectivity index (χ0v) is 12.1. The van der Waals surface area contributed by atoms with Crippen molar-refractivity contribution in [3.8, 4) is 5.75 Å². The summed E-state index contributed by atoms with van der Waals surface area (Å²) >= 11 is 0. The molecule has 1 saturated carbocycles. The van der Waals surface area contributed by atoms with Crippen LogP contribution in [0.25, 0.3) is 10.9 Å². The van der Waals surface area contributed by atoms with Gasteiger partial charge < -0.3 is 15.6 Å². The third kappa shape index (κ3) is 2.12. The molecule has 1 aromatic heterocycles. The first-order valence-electron chi connectivity index (χ1n) is 6.93. The number of nitrogen functional groups attached to an aromatic ring is 1. The highest BCUT2D eigenvalue weighted by Crippen LogP contribution is 2.44. The maximum atomic E-state index is 9.98. The quantitative estimate of drug-likeness (QED) is 0.843. The molecule has 1 aliphatic carbocycles. The standard InChI is InChI=1S/C15H21N3O2/c1-15(2,19)10-5-11(6-10)18-8-9-4-12(16)14(20-3)7-13(9)17-18/h4,7-8,10-11,19H,5-6,16H2,1-3H3. The smallest absolute Gasteiger partial charge is 0.144 e. The maximum Gasteiger partial charge on any atom is 0.144 e. The summed E-state index contributed by atoms with van der Waals surface area (Å²) in [5.74, 6) is 1.00. The van der Waals surface area contributed by atoms with E-state index < -0.39 is 5.60 Å². The molecule has 0 aliphatic heterocycles. The van der Waals surface area contributed by atoms with Crippen LogP contribution in [0.15, 0.2) is 18.3 Å². The molecular weight excluding hydrogens is 254 g/mol. The minimum Gasteiger partial charge on any atom is -0.495 e. The van der Waals surface area contributed by atoms with Gasteiger partial charge in [0.1, 0.15) is 5.75 Å². The lowest BCUT2D eigenvalue weighted by Crippen LogP contribution is -2.41. The van der Waals surface area contributed by atoms with Gasteiger partial charge in [0.2, 0.25) is 0 Å². The number of rotatable bonds is 3. The average molecular weight is 275 g/mol. The number of ether oxygens (including phenoxy) is 1. The molecule has 3 N–H and O–H groups in total. The molecule has 0 unspecified atom stereocenters. The summed E-state index contributed by atoms with van der Waals surface area (Å²) in [5.41, 5.74) is 6.83. The highest BCUT2D eigenvalue weighted by molar-refractivity contribution is 5.84. The monoisotopic (exact) mass is 275 g/mol. The van der Waals surface area contributed by atoms with Gasteiger partial charge in [0.05, 0.1) is 30.0 Å². The molecule has 0 spiro atoms. The lowest BCUT2D eigenvalue weighted by atomic mass is 9.71. The van der Waals surface area contributed by atoms with E-state index in [1.807, 2.05) is 36.9 Å². The summed E-state index contributed by atoms with van der Waals surface area (Å²) < 4.78 is 7.21. The van der Waals surface area contributed by atoms with Gasteiger partial charge in [-0.15, -0.1) is 0 Å². The first-order chi connectivity index (χ1) is 9.38. The summed E-state index contributed by atoms with van der Waals surface area (Å²) in [5, 5.41) is 15.6. The molecule has 0 atom stereocenters. The number of hydrogen-bond donors (Lipinski definition) is 2. The predicted octanol–water partition coefficient (Wildman–Crippen LogP) is 2.35. The Morgan fingerprint density at radius 1 is 1.40 bits per heavy atom. The summed E-state index contributed by atoms with van der Waals surface area (Å²) in [6, 6.07) is 4.13. The Morgan fingerprint density at radius 3 is 2.70 bits per heavy atom. The molecule has 2 aromatic rings. The van der Waals surface area contributed by atoms with Crippen molar-refractivity contribution in [3.63, 3.8) is 0 Å². The third-order valence-electron chi connectivity index (χ3n) is 4.36. The van der Waals surface area contributed by atoms with Crippen molar-refractivity contribution in [2.24, 2.45) is 5.92 Å². The minimum absolute atomic E-state index is 0.347. The molecule has 3 rings (SSSR count). The van der Waals surface area contributed by atoms with Crippen LogP contribution in [0, 0.1) is 5.92 Å². The summed E-state index contributed by atoms with van der Waals surface area (Å²) in [6.45, 7) is 3.75. The average Bonchev–Trinajstić information content (AvgIpc) is 2.65. The summed E-state index contributed by atoms with van der Waals surface area (Å²) in [4.78, 5) is 0. The van der Waals surface area contributed by atoms with Crippen LogP contribution >= 0.6 is 0 Å². The van der Waals surface area contributed by atoms with Crippen LogP contribution in [0.4, 0.5) is 5.69 Å². The van der Waals surface area contributed by atoms with Gasteiger partial charge in [-0.05, 0) is 38.7 Å². The van der Waals surface area contributed by atoms with E-state index in [-0.39, 0.29) is 0 Å². The molecule has 1 heterocycles. The summed E-state index contributed by atoms with van der Waals surface area (Å²) in [6.07, 6.45) is 3.95. The Balaban J connectivity index is 1.84. The Labute approximate surface area is 118 Å². The second kappa shape index (κ2) is 4.38. The van der Waals surface area contributed by atoms with E-state index in [4.69, 9.17) is 10.5 Å². The zero-order valence-electron chi connectivity index (χ0n) is 12.1. The lowest BCUT2D eigenvalue weighted by molar-refractivity contribution is -0.0412. The fraction of sp³-hybridized carbons (Fsp3) is 0.533. The molecule has 0 amide bonds. The number of hydrogen-bond acceptors (Lipinski definition) is 4. The number of nitrogens with two attached hydrogens (primary N) is 1. The molecule has 0 radical (unpaired) electrons. The van der Waals surface area contributed by atoms with Crippen molar-refractivity contribution in [1.29, 1.82) is 0 Å². The van der Waals surface area contributed by atoms with Crippen molar-refractivity contribution in [1.82, 2.24) is 9.78 Å². The van der Waals surface area contributed by atoms with Crippen LogP contribution in [0.5, 0.6) is 5.75 Å². The Kier molecular flexibility index (Phi) is 2.90. The molecule has 1 aliphatic rings. The van der Waals surface area contributed by atoms with E-state index in [1.54, 1.807) is 7.11 Å². The Hall–Kier alpha value is -1.75. The normalized spacial score (nSPS) is 22.8. The van der Waals surface area contributed by atoms with E-state index in [0.717, 1.165) is 23.7 Å². The fourth-order valence-corrected chi connectivity index (χ4v) is 2.83. The molecule has 5 heteroatoms. The number of benzene rings is 1. The van der Waals surface area contributed by atoms with Crippen molar-refractivity contribution >= 4 is 16.6 Å². The number of fused-ring (bicyclic) bond motifs is 1. The van der Waals surface area contributed by atoms with Crippen LogP contribution in [0.2, 0.25) is 0 Å². The zero-order chi connectivity index (χ0) is 14.5. The molecule has 5 nitrogen and oxygen atoms in total. The van der Waals surface area contributed by atoms with Gasteiger partial charge in [0.25, 0.3) is 0 Å². The van der Waals surface area contributed by atoms with Crippen LogP contribution in [0.1, 0.15) is 32.7 Å². The molecular formula is C15H21N3O2. The van der Waals surface area contributed by atoms with E-state index in [0.29, 0.717) is 23.4 Å². The van der Waals surface area contributed by atoms with E-state index in [1.165, 1.54) is 0 Å². The third-order valence-corrected chi connectivity index (χ3v) is 4.36. The molecule has 108 valence electrons. The number of methoxy groups -OCH3 is 1. The van der Waals surface area contributed by atoms with E-state index in [9.17, 15) is 5.11 Å². The number of anilines is 1. The van der Waals surface area contributed by atoms with Gasteiger partial charge in [0, 0.05) is 17.6 Å². The van der Waals surface area contributed by atoms with Crippen LogP contribution in [0.3, 0.4) is 0 Å². The second-order valence-corrected chi connectivity index (χ2v) is 6.24. The van der Waals surface area contributed by atoms with Crippen LogP contribution in [-0.4, -0.2) is 27.6 Å². The first kappa shape index (κ1) is 13.2. The lowest BCUT2D eigenvalue weighted by Gasteiger charge is -2.42. The molecule has 0 saturated heterocycles. The molecule has 0 bridgehead atoms. The van der Waals surface area contributed by atoms with Crippen LogP contribution in [-0.2, 0) is 0 Å². The summed E-state index contributed by atoms with van der Waals surface area (Å²) in [7, 11) is 1.61. The first-order valence-corrected chi connectivity index (χ1v) is 6.93. The molecule has 1 fully saturated rings. The van der Waals surface area contributed by atoms with Gasteiger partial charge in [0.15, 0.2) is 0 Å². The number of nitrogens with zero attached hydrogens (tertiary/aromatic N) is 2. The van der Waals surface area contributed by atoms with Crippen molar-refractivity contribution in [3.05, 3.63) is 18.3 Å². The fourth-order valence-electron chi connectivity index (χ4n) is 2.83. The van der Waals surface area contributed by atoms with Gasteiger partial charge in [-0.3, -0.25) is 4.68 Å². The van der Waals surface area contributed by atoms with Crippen LogP contribution < -0.4 is 10.5 Å². The van der Waals surface area contributed by atoms with Gasteiger partial charge in [-0.1, -0.05) is 0 Å². The Bertz CT molecular complexity index is 636. The van der Waals surface area contributed by atoms with Crippen molar-refractivity contribution < 1.29 is 9.84 Å². The van der Waals surface area contributed by atoms with Gasteiger partial charge in [-0.25, -0.2) is 0 Å².